The van der Waals surface area contributed by atoms with Crippen molar-refractivity contribution in [2.24, 2.45) is 5.92 Å². The van der Waals surface area contributed by atoms with Gasteiger partial charge in [0, 0.05) is 94.9 Å². The van der Waals surface area contributed by atoms with E-state index >= 15 is 0 Å². The molecular weight excluding hydrogens is 791 g/mol. The van der Waals surface area contributed by atoms with Gasteiger partial charge in [0.15, 0.2) is 0 Å². The minimum absolute atomic E-state index is 0.194. The number of methoxy groups -OCH3 is 1. The highest BCUT2D eigenvalue weighted by Gasteiger charge is 2.31. The second-order valence-corrected chi connectivity index (χ2v) is 17.2. The number of piperidine rings is 4. The molecule has 17 heteroatoms. The zero-order chi connectivity index (χ0) is 42.6. The predicted octanol–water partition coefficient (Wildman–Crippen LogP) is 4.00. The molecule has 17 nitrogen and oxygen atoms in total. The standard InChI is InChI=1S/C45H57N11O6/c1-61-40-26-33(5-6-34(40)42(58)47-35-7-8-41(57)50-44(35)60)53-19-10-30(11-20-53)28-52-17-12-32(13-18-52)56-29-31-25-38(39(27-37(31)51-56)54-15-3-2-4-16-54)48-43(59)36-9-14-46-45(49-36)55-21-23-62-24-22-55/h5-6,9,14,25-27,29-30,32,35H,2-4,7-8,10-13,15-24,28H2,1H3,(H,47,58)(H,48,59)(H,50,57,60)/t35-/m0/s1. The molecule has 62 heavy (non-hydrogen) atoms. The molecule has 0 aliphatic carbocycles. The van der Waals surface area contributed by atoms with Crippen LogP contribution in [-0.4, -0.2) is 134 Å². The van der Waals surface area contributed by atoms with Crippen LogP contribution in [0.2, 0.25) is 0 Å². The Kier molecular flexibility index (Phi) is 12.5. The van der Waals surface area contributed by atoms with E-state index in [1.165, 1.54) is 6.42 Å². The SMILES string of the molecule is COc1cc(N2CCC(CN3CCC(n4cc5cc(NC(=O)c6ccnc(N7CCOCC7)n6)c(N6CCCCC6)cc5n4)CC3)CC2)ccc1C(=O)N[C@H]1CCC(=O)NC1=O. The molecule has 328 valence electrons. The van der Waals surface area contributed by atoms with E-state index in [0.717, 1.165) is 112 Å². The zero-order valence-electron chi connectivity index (χ0n) is 35.5. The summed E-state index contributed by atoms with van der Waals surface area (Å²) in [4.78, 5) is 69.0. The summed E-state index contributed by atoms with van der Waals surface area (Å²) in [6.45, 7) is 9.47. The molecule has 4 amide bonds. The number of hydrogen-bond acceptors (Lipinski definition) is 13. The average molecular weight is 848 g/mol. The summed E-state index contributed by atoms with van der Waals surface area (Å²) in [6.07, 6.45) is 11.9. The number of morpholine rings is 1. The fourth-order valence-corrected chi connectivity index (χ4v) is 9.58. The number of nitrogens with one attached hydrogen (secondary N) is 3. The number of imide groups is 1. The number of carbonyl (C=O) groups is 4. The van der Waals surface area contributed by atoms with Crippen molar-refractivity contribution < 1.29 is 28.7 Å². The number of anilines is 4. The second-order valence-electron chi connectivity index (χ2n) is 17.2. The zero-order valence-corrected chi connectivity index (χ0v) is 35.5. The monoisotopic (exact) mass is 847 g/mol. The van der Waals surface area contributed by atoms with Gasteiger partial charge in [-0.15, -0.1) is 0 Å². The van der Waals surface area contributed by atoms with E-state index < -0.39 is 17.9 Å². The van der Waals surface area contributed by atoms with Crippen molar-refractivity contribution in [3.8, 4) is 5.75 Å². The van der Waals surface area contributed by atoms with Crippen LogP contribution in [0.5, 0.6) is 5.75 Å². The lowest BCUT2D eigenvalue weighted by atomic mass is 9.94. The van der Waals surface area contributed by atoms with E-state index in [2.05, 4.69) is 68.5 Å². The Hall–Kier alpha value is -5.81. The summed E-state index contributed by atoms with van der Waals surface area (Å²) >= 11 is 0. The smallest absolute Gasteiger partial charge is 0.274 e. The molecule has 2 aromatic heterocycles. The molecule has 1 atom stereocenters. The first-order valence-electron chi connectivity index (χ1n) is 22.3. The lowest BCUT2D eigenvalue weighted by Gasteiger charge is -2.38. The second kappa shape index (κ2) is 18.7. The Morgan fingerprint density at radius 2 is 1.65 bits per heavy atom. The van der Waals surface area contributed by atoms with Gasteiger partial charge in [-0.2, -0.15) is 5.10 Å². The Bertz CT molecular complexity index is 2270. The quantitative estimate of drug-likeness (QED) is 0.185. The van der Waals surface area contributed by atoms with Gasteiger partial charge >= 0.3 is 0 Å². The third-order valence-corrected chi connectivity index (χ3v) is 13.2. The Morgan fingerprint density at radius 3 is 2.40 bits per heavy atom. The third kappa shape index (κ3) is 9.33. The highest BCUT2D eigenvalue weighted by Crippen LogP contribution is 2.35. The molecule has 9 rings (SSSR count). The van der Waals surface area contributed by atoms with Crippen LogP contribution in [0.15, 0.2) is 48.8 Å². The summed E-state index contributed by atoms with van der Waals surface area (Å²) < 4.78 is 13.3. The molecule has 0 saturated carbocycles. The first kappa shape index (κ1) is 41.5. The van der Waals surface area contributed by atoms with Crippen LogP contribution in [0.4, 0.5) is 23.0 Å². The van der Waals surface area contributed by atoms with Crippen LogP contribution < -0.4 is 35.4 Å². The van der Waals surface area contributed by atoms with E-state index in [4.69, 9.17) is 14.6 Å². The molecule has 3 N–H and O–H groups in total. The number of aromatic nitrogens is 4. The number of fused-ring (bicyclic) bond motifs is 1. The first-order valence-corrected chi connectivity index (χ1v) is 22.3. The fourth-order valence-electron chi connectivity index (χ4n) is 9.58. The maximum Gasteiger partial charge on any atom is 0.274 e. The van der Waals surface area contributed by atoms with Crippen molar-refractivity contribution in [2.75, 3.05) is 99.2 Å². The van der Waals surface area contributed by atoms with Gasteiger partial charge < -0.3 is 39.7 Å². The minimum Gasteiger partial charge on any atom is -0.496 e. The maximum atomic E-state index is 13.7. The molecule has 5 aliphatic rings. The van der Waals surface area contributed by atoms with Crippen LogP contribution >= 0.6 is 0 Å². The Labute approximate surface area is 361 Å². The molecule has 7 heterocycles. The maximum absolute atomic E-state index is 13.7. The van der Waals surface area contributed by atoms with Crippen molar-refractivity contribution in [1.82, 2.24) is 35.3 Å². The lowest BCUT2D eigenvalue weighted by Crippen LogP contribution is -2.52. The van der Waals surface area contributed by atoms with E-state index in [-0.39, 0.29) is 24.7 Å². The van der Waals surface area contributed by atoms with Crippen LogP contribution in [0.1, 0.15) is 84.7 Å². The van der Waals surface area contributed by atoms with Gasteiger partial charge in [0.1, 0.15) is 17.5 Å². The summed E-state index contributed by atoms with van der Waals surface area (Å²) in [5.41, 5.74) is 4.43. The molecule has 5 fully saturated rings. The third-order valence-electron chi connectivity index (χ3n) is 13.2. The van der Waals surface area contributed by atoms with Gasteiger partial charge in [0.05, 0.1) is 48.8 Å². The largest absolute Gasteiger partial charge is 0.496 e. The van der Waals surface area contributed by atoms with Crippen molar-refractivity contribution in [3.05, 3.63) is 60.0 Å². The number of hydrogen-bond donors (Lipinski definition) is 3. The molecule has 5 saturated heterocycles. The topological polar surface area (TPSA) is 179 Å². The first-order chi connectivity index (χ1) is 30.3. The van der Waals surface area contributed by atoms with Gasteiger partial charge in [0.2, 0.25) is 17.8 Å². The van der Waals surface area contributed by atoms with Gasteiger partial charge in [-0.3, -0.25) is 29.2 Å². The van der Waals surface area contributed by atoms with Gasteiger partial charge in [-0.05, 0) is 87.6 Å². The van der Waals surface area contributed by atoms with Gasteiger partial charge in [0.25, 0.3) is 11.8 Å². The van der Waals surface area contributed by atoms with Crippen LogP contribution in [-0.2, 0) is 14.3 Å². The van der Waals surface area contributed by atoms with E-state index in [0.29, 0.717) is 61.2 Å². The van der Waals surface area contributed by atoms with Crippen LogP contribution in [0.3, 0.4) is 0 Å². The summed E-state index contributed by atoms with van der Waals surface area (Å²) in [5.74, 6) is 0.142. The van der Waals surface area contributed by atoms with Crippen LogP contribution in [0.25, 0.3) is 10.9 Å². The van der Waals surface area contributed by atoms with Crippen molar-refractivity contribution in [3.63, 3.8) is 0 Å². The number of amides is 4. The summed E-state index contributed by atoms with van der Waals surface area (Å²) in [6, 6.07) is 11.1. The molecule has 2 aromatic carbocycles. The molecular formula is C45H57N11O6. The molecule has 0 spiro atoms. The molecule has 4 aromatic rings. The van der Waals surface area contributed by atoms with E-state index in [1.54, 1.807) is 25.4 Å². The summed E-state index contributed by atoms with van der Waals surface area (Å²) in [5, 5.41) is 14.4. The predicted molar refractivity (Wildman–Crippen MR) is 235 cm³/mol. The number of benzene rings is 2. The number of carbonyl (C=O) groups excluding carboxylic acids is 4. The lowest BCUT2D eigenvalue weighted by molar-refractivity contribution is -0.134. The van der Waals surface area contributed by atoms with E-state index in [1.807, 2.05) is 12.1 Å². The fraction of sp³-hybridized carbons (Fsp3) is 0.533. The molecule has 0 radical (unpaired) electrons. The summed E-state index contributed by atoms with van der Waals surface area (Å²) in [7, 11) is 1.54. The van der Waals surface area contributed by atoms with Gasteiger partial charge in [-0.25, -0.2) is 9.97 Å². The number of rotatable bonds is 11. The Balaban J connectivity index is 0.795. The van der Waals surface area contributed by atoms with E-state index in [9.17, 15) is 19.2 Å². The van der Waals surface area contributed by atoms with Crippen LogP contribution in [0, 0.1) is 5.92 Å². The average Bonchev–Trinajstić information content (AvgIpc) is 3.73. The normalized spacial score (nSPS) is 20.9. The number of ether oxygens (including phenoxy) is 2. The molecule has 0 unspecified atom stereocenters. The van der Waals surface area contributed by atoms with Crippen molar-refractivity contribution >= 4 is 57.5 Å². The van der Waals surface area contributed by atoms with Crippen molar-refractivity contribution in [2.45, 2.75) is 69.9 Å². The highest BCUT2D eigenvalue weighted by atomic mass is 16.5. The number of nitrogens with zero attached hydrogens (tertiary/aromatic N) is 8. The molecule has 5 aliphatic heterocycles. The molecule has 0 bridgehead atoms. The Morgan fingerprint density at radius 1 is 0.855 bits per heavy atom. The highest BCUT2D eigenvalue weighted by molar-refractivity contribution is 6.07. The van der Waals surface area contributed by atoms with Crippen molar-refractivity contribution in [1.29, 1.82) is 0 Å². The number of likely N-dealkylation sites (tertiary alicyclic amines) is 1. The minimum atomic E-state index is -0.749. The van der Waals surface area contributed by atoms with Gasteiger partial charge in [-0.1, -0.05) is 0 Å².